The molecule has 0 aliphatic rings. The Hall–Kier alpha value is -2.92. The molecule has 3 rings (SSSR count). The van der Waals surface area contributed by atoms with Crippen molar-refractivity contribution in [2.24, 2.45) is 0 Å². The van der Waals surface area contributed by atoms with Crippen LogP contribution in [0, 0.1) is 3.57 Å². The third-order valence-corrected chi connectivity index (χ3v) is 8.06. The number of benzene rings is 3. The predicted molar refractivity (Wildman–Crippen MR) is 145 cm³/mol. The van der Waals surface area contributed by atoms with Gasteiger partial charge in [-0.15, -0.1) is 0 Å². The summed E-state index contributed by atoms with van der Waals surface area (Å²) in [5.41, 5.74) is 1.21. The second kappa shape index (κ2) is 12.2. The number of hydrogen-bond acceptors (Lipinski definition) is 4. The first-order chi connectivity index (χ1) is 16.8. The lowest BCUT2D eigenvalue weighted by Crippen LogP contribution is -2.51. The minimum Gasteiger partial charge on any atom is -0.357 e. The molecule has 1 atom stereocenters. The van der Waals surface area contributed by atoms with Crippen LogP contribution in [0.15, 0.2) is 89.8 Å². The van der Waals surface area contributed by atoms with Gasteiger partial charge in [-0.3, -0.25) is 13.9 Å². The van der Waals surface area contributed by atoms with Gasteiger partial charge >= 0.3 is 0 Å². The highest BCUT2D eigenvalue weighted by Gasteiger charge is 2.33. The van der Waals surface area contributed by atoms with Gasteiger partial charge in [0.15, 0.2) is 0 Å². The first kappa shape index (κ1) is 26.7. The average Bonchev–Trinajstić information content (AvgIpc) is 2.88. The van der Waals surface area contributed by atoms with Gasteiger partial charge < -0.3 is 10.2 Å². The maximum Gasteiger partial charge on any atom is 0.264 e. The van der Waals surface area contributed by atoms with Crippen LogP contribution in [0.2, 0.25) is 0 Å². The molecule has 0 aliphatic carbocycles. The first-order valence-electron chi connectivity index (χ1n) is 11.2. The summed E-state index contributed by atoms with van der Waals surface area (Å²) in [5, 5.41) is 2.62. The van der Waals surface area contributed by atoms with Crippen LogP contribution in [-0.4, -0.2) is 44.8 Å². The van der Waals surface area contributed by atoms with E-state index < -0.39 is 28.5 Å². The Bertz CT molecular complexity index is 1240. The number of carbonyl (C=O) groups excluding carboxylic acids is 2. The molecule has 3 aromatic carbocycles. The molecule has 7 nitrogen and oxygen atoms in total. The molecule has 0 fully saturated rings. The van der Waals surface area contributed by atoms with Crippen molar-refractivity contribution in [3.8, 4) is 0 Å². The minimum absolute atomic E-state index is 0.0827. The van der Waals surface area contributed by atoms with Crippen molar-refractivity contribution in [2.45, 2.75) is 30.8 Å². The van der Waals surface area contributed by atoms with Crippen molar-refractivity contribution in [1.29, 1.82) is 0 Å². The van der Waals surface area contributed by atoms with Gasteiger partial charge in [0, 0.05) is 17.2 Å². The van der Waals surface area contributed by atoms with Crippen LogP contribution in [0.25, 0.3) is 0 Å². The molecule has 35 heavy (non-hydrogen) atoms. The Morgan fingerprint density at radius 2 is 1.49 bits per heavy atom. The molecule has 3 aromatic rings. The number of anilines is 1. The maximum atomic E-state index is 13.7. The molecule has 0 aliphatic heterocycles. The molecule has 184 valence electrons. The number of nitrogens with one attached hydrogen (secondary N) is 1. The Labute approximate surface area is 220 Å². The Kier molecular flexibility index (Phi) is 9.27. The van der Waals surface area contributed by atoms with Crippen molar-refractivity contribution in [3.05, 3.63) is 94.1 Å². The number of hydrogen-bond donors (Lipinski definition) is 1. The number of sulfonamides is 1. The molecule has 1 N–H and O–H groups in total. The Morgan fingerprint density at radius 1 is 0.914 bits per heavy atom. The fourth-order valence-electron chi connectivity index (χ4n) is 3.72. The fraction of sp³-hybridized carbons (Fsp3) is 0.231. The first-order valence-corrected chi connectivity index (χ1v) is 13.7. The van der Waals surface area contributed by atoms with Gasteiger partial charge in [-0.2, -0.15) is 0 Å². The van der Waals surface area contributed by atoms with Crippen molar-refractivity contribution in [1.82, 2.24) is 10.2 Å². The zero-order valence-corrected chi connectivity index (χ0v) is 22.6. The fourth-order valence-corrected chi connectivity index (χ4v) is 5.52. The SMILES string of the molecule is CCC(C(=O)NC)N(Cc1ccccc1)C(=O)CN(c1ccc(I)cc1)S(=O)(=O)c1ccccc1. The number of nitrogens with zero attached hydrogens (tertiary/aromatic N) is 2. The highest BCUT2D eigenvalue weighted by atomic mass is 127. The topological polar surface area (TPSA) is 86.8 Å². The van der Waals surface area contributed by atoms with E-state index in [9.17, 15) is 18.0 Å². The highest BCUT2D eigenvalue weighted by Crippen LogP contribution is 2.25. The zero-order valence-electron chi connectivity index (χ0n) is 19.6. The second-order valence-corrected chi connectivity index (χ2v) is 11.0. The largest absolute Gasteiger partial charge is 0.357 e. The number of amides is 2. The van der Waals surface area contributed by atoms with Crippen LogP contribution in [-0.2, 0) is 26.2 Å². The quantitative estimate of drug-likeness (QED) is 0.354. The van der Waals surface area contributed by atoms with Crippen molar-refractivity contribution < 1.29 is 18.0 Å². The normalized spacial score (nSPS) is 12.0. The Balaban J connectivity index is 2.03. The van der Waals surface area contributed by atoms with Crippen molar-refractivity contribution in [2.75, 3.05) is 17.9 Å². The molecule has 0 saturated carbocycles. The minimum atomic E-state index is -4.04. The molecule has 0 aromatic heterocycles. The van der Waals surface area contributed by atoms with Crippen molar-refractivity contribution >= 4 is 50.1 Å². The standard InChI is InChI=1S/C26H28IN3O4S/c1-3-24(26(32)28-2)29(18-20-10-6-4-7-11-20)25(31)19-30(22-16-14-21(27)15-17-22)35(33,34)23-12-8-5-9-13-23/h4-17,24H,3,18-19H2,1-2H3,(H,28,32). The smallest absolute Gasteiger partial charge is 0.264 e. The summed E-state index contributed by atoms with van der Waals surface area (Å²) in [6.45, 7) is 1.55. The predicted octanol–water partition coefficient (Wildman–Crippen LogP) is 4.04. The molecule has 2 amide bonds. The monoisotopic (exact) mass is 605 g/mol. The lowest BCUT2D eigenvalue weighted by Gasteiger charge is -2.33. The second-order valence-electron chi connectivity index (χ2n) is 7.85. The molecule has 0 radical (unpaired) electrons. The van der Waals surface area contributed by atoms with Gasteiger partial charge in [-0.1, -0.05) is 55.5 Å². The van der Waals surface area contributed by atoms with Gasteiger partial charge in [-0.05, 0) is 71.0 Å². The van der Waals surface area contributed by atoms with E-state index in [1.165, 1.54) is 24.1 Å². The molecule has 0 spiro atoms. The lowest BCUT2D eigenvalue weighted by atomic mass is 10.1. The van der Waals surface area contributed by atoms with E-state index in [2.05, 4.69) is 27.9 Å². The van der Waals surface area contributed by atoms with Crippen LogP contribution in [0.4, 0.5) is 5.69 Å². The van der Waals surface area contributed by atoms with E-state index in [0.29, 0.717) is 12.1 Å². The summed E-state index contributed by atoms with van der Waals surface area (Å²) < 4.78 is 29.3. The van der Waals surface area contributed by atoms with Crippen LogP contribution < -0.4 is 9.62 Å². The Morgan fingerprint density at radius 3 is 2.03 bits per heavy atom. The van der Waals surface area contributed by atoms with Gasteiger partial charge in [-0.25, -0.2) is 8.42 Å². The van der Waals surface area contributed by atoms with Gasteiger partial charge in [0.2, 0.25) is 11.8 Å². The molecule has 0 saturated heterocycles. The zero-order chi connectivity index (χ0) is 25.4. The van der Waals surface area contributed by atoms with Gasteiger partial charge in [0.1, 0.15) is 12.6 Å². The maximum absolute atomic E-state index is 13.7. The molecular weight excluding hydrogens is 577 g/mol. The van der Waals surface area contributed by atoms with E-state index >= 15 is 0 Å². The molecule has 1 unspecified atom stereocenters. The van der Waals surface area contributed by atoms with E-state index in [0.717, 1.165) is 13.4 Å². The number of likely N-dealkylation sites (N-methyl/N-ethyl adjacent to an activating group) is 1. The van der Waals surface area contributed by atoms with E-state index in [-0.39, 0.29) is 17.3 Å². The number of rotatable bonds is 10. The van der Waals surface area contributed by atoms with Crippen molar-refractivity contribution in [3.63, 3.8) is 0 Å². The van der Waals surface area contributed by atoms with Crippen LogP contribution in [0.1, 0.15) is 18.9 Å². The van der Waals surface area contributed by atoms with Crippen LogP contribution in [0.3, 0.4) is 0 Å². The number of carbonyl (C=O) groups is 2. The van der Waals surface area contributed by atoms with E-state index in [1.807, 2.05) is 37.3 Å². The molecule has 0 bridgehead atoms. The van der Waals surface area contributed by atoms with Crippen LogP contribution >= 0.6 is 22.6 Å². The summed E-state index contributed by atoms with van der Waals surface area (Å²) in [6.07, 6.45) is 0.382. The summed E-state index contributed by atoms with van der Waals surface area (Å²) in [5.74, 6) is -0.772. The summed E-state index contributed by atoms with van der Waals surface area (Å²) in [4.78, 5) is 27.9. The van der Waals surface area contributed by atoms with Crippen LogP contribution in [0.5, 0.6) is 0 Å². The van der Waals surface area contributed by atoms with E-state index in [4.69, 9.17) is 0 Å². The van der Waals surface area contributed by atoms with Gasteiger partial charge in [0.05, 0.1) is 10.6 Å². The third-order valence-electron chi connectivity index (χ3n) is 5.55. The lowest BCUT2D eigenvalue weighted by molar-refractivity contribution is -0.140. The number of halogens is 1. The summed E-state index contributed by atoms with van der Waals surface area (Å²) in [6, 6.07) is 23.5. The molecule has 9 heteroatoms. The molecule has 0 heterocycles. The average molecular weight is 605 g/mol. The third kappa shape index (κ3) is 6.61. The summed E-state index contributed by atoms with van der Waals surface area (Å²) in [7, 11) is -2.52. The highest BCUT2D eigenvalue weighted by molar-refractivity contribution is 14.1. The van der Waals surface area contributed by atoms with Gasteiger partial charge in [0.25, 0.3) is 10.0 Å². The summed E-state index contributed by atoms with van der Waals surface area (Å²) >= 11 is 2.14. The van der Waals surface area contributed by atoms with E-state index in [1.54, 1.807) is 42.5 Å². The molecular formula is C26H28IN3O4S.